The third-order valence-corrected chi connectivity index (χ3v) is 3.05. The van der Waals surface area contributed by atoms with Crippen molar-refractivity contribution in [3.05, 3.63) is 0 Å². The van der Waals surface area contributed by atoms with E-state index in [-0.39, 0.29) is 0 Å². The van der Waals surface area contributed by atoms with E-state index in [4.69, 9.17) is 9.47 Å². The minimum Gasteiger partial charge on any atom is -0.376 e. The van der Waals surface area contributed by atoms with Crippen molar-refractivity contribution < 1.29 is 9.47 Å². The summed E-state index contributed by atoms with van der Waals surface area (Å²) in [5.74, 6) is 0. The van der Waals surface area contributed by atoms with Crippen LogP contribution in [0, 0.1) is 0 Å². The molecule has 0 amide bonds. The first-order chi connectivity index (χ1) is 7.38. The lowest BCUT2D eigenvalue weighted by molar-refractivity contribution is -0.0573. The Hall–Kier alpha value is -0.0800. The first-order valence-electron chi connectivity index (χ1n) is 6.61. The summed E-state index contributed by atoms with van der Waals surface area (Å²) in [6.45, 7) is 6.23. The van der Waals surface area contributed by atoms with Gasteiger partial charge in [0.2, 0.25) is 0 Å². The molecule has 0 radical (unpaired) electrons. The van der Waals surface area contributed by atoms with Gasteiger partial charge in [-0.15, -0.1) is 0 Å². The molecule has 0 aliphatic heterocycles. The van der Waals surface area contributed by atoms with Crippen molar-refractivity contribution in [2.45, 2.75) is 71.0 Å². The van der Waals surface area contributed by atoms with Crippen molar-refractivity contribution in [1.29, 1.82) is 0 Å². The molecule has 15 heavy (non-hydrogen) atoms. The Bertz CT molecular complexity index is 131. The molecule has 0 unspecified atom stereocenters. The molecule has 2 atom stereocenters. The van der Waals surface area contributed by atoms with E-state index in [0.717, 1.165) is 13.2 Å². The van der Waals surface area contributed by atoms with Crippen LogP contribution in [0.5, 0.6) is 0 Å². The van der Waals surface area contributed by atoms with Gasteiger partial charge in [0.15, 0.2) is 0 Å². The summed E-state index contributed by atoms with van der Waals surface area (Å²) in [6.07, 6.45) is 9.22. The van der Waals surface area contributed by atoms with E-state index in [1.807, 2.05) is 0 Å². The highest BCUT2D eigenvalue weighted by molar-refractivity contribution is 4.78. The SMILES string of the molecule is CCCCO[C@@H]1CCC[C@H]1OCCCC. The fraction of sp³-hybridized carbons (Fsp3) is 1.00. The van der Waals surface area contributed by atoms with Gasteiger partial charge in [-0.25, -0.2) is 0 Å². The first kappa shape index (κ1) is 13.0. The second-order valence-electron chi connectivity index (χ2n) is 4.46. The zero-order chi connectivity index (χ0) is 10.9. The van der Waals surface area contributed by atoms with Crippen molar-refractivity contribution in [2.75, 3.05) is 13.2 Å². The molecule has 2 nitrogen and oxygen atoms in total. The monoisotopic (exact) mass is 214 g/mol. The summed E-state index contributed by atoms with van der Waals surface area (Å²) >= 11 is 0. The van der Waals surface area contributed by atoms with E-state index < -0.39 is 0 Å². The van der Waals surface area contributed by atoms with E-state index in [1.54, 1.807) is 0 Å². The maximum atomic E-state index is 5.86. The second kappa shape index (κ2) is 8.12. The van der Waals surface area contributed by atoms with Gasteiger partial charge >= 0.3 is 0 Å². The normalized spacial score (nSPS) is 26.0. The van der Waals surface area contributed by atoms with Crippen LogP contribution in [0.2, 0.25) is 0 Å². The second-order valence-corrected chi connectivity index (χ2v) is 4.46. The van der Waals surface area contributed by atoms with Crippen LogP contribution in [0.15, 0.2) is 0 Å². The topological polar surface area (TPSA) is 18.5 Å². The molecule has 0 heterocycles. The van der Waals surface area contributed by atoms with Gasteiger partial charge in [-0.3, -0.25) is 0 Å². The zero-order valence-electron chi connectivity index (χ0n) is 10.3. The summed E-state index contributed by atoms with van der Waals surface area (Å²) in [7, 11) is 0. The molecule has 0 bridgehead atoms. The Kier molecular flexibility index (Phi) is 7.03. The minimum atomic E-state index is 0.383. The van der Waals surface area contributed by atoms with Gasteiger partial charge < -0.3 is 9.47 Å². The van der Waals surface area contributed by atoms with Crippen LogP contribution >= 0.6 is 0 Å². The van der Waals surface area contributed by atoms with Crippen LogP contribution in [0.3, 0.4) is 0 Å². The Morgan fingerprint density at radius 2 is 1.33 bits per heavy atom. The third-order valence-electron chi connectivity index (χ3n) is 3.05. The average Bonchev–Trinajstić information content (AvgIpc) is 2.67. The fourth-order valence-corrected chi connectivity index (χ4v) is 2.03. The summed E-state index contributed by atoms with van der Waals surface area (Å²) in [5, 5.41) is 0. The Morgan fingerprint density at radius 1 is 0.867 bits per heavy atom. The Labute approximate surface area is 94.3 Å². The van der Waals surface area contributed by atoms with E-state index >= 15 is 0 Å². The molecule has 0 saturated heterocycles. The van der Waals surface area contributed by atoms with Gasteiger partial charge in [-0.05, 0) is 32.1 Å². The van der Waals surface area contributed by atoms with Gasteiger partial charge in [0.25, 0.3) is 0 Å². The predicted octanol–water partition coefficient (Wildman–Crippen LogP) is 3.54. The van der Waals surface area contributed by atoms with E-state index in [9.17, 15) is 0 Å². The van der Waals surface area contributed by atoms with Crippen LogP contribution in [0.4, 0.5) is 0 Å². The summed E-state index contributed by atoms with van der Waals surface area (Å²) < 4.78 is 11.7. The van der Waals surface area contributed by atoms with Crippen LogP contribution in [-0.2, 0) is 9.47 Å². The number of ether oxygens (including phenoxy) is 2. The van der Waals surface area contributed by atoms with Crippen molar-refractivity contribution in [3.8, 4) is 0 Å². The predicted molar refractivity (Wildman–Crippen MR) is 63.1 cm³/mol. The number of unbranched alkanes of at least 4 members (excludes halogenated alkanes) is 2. The molecule has 0 spiro atoms. The van der Waals surface area contributed by atoms with Crippen LogP contribution in [0.1, 0.15) is 58.8 Å². The highest BCUT2D eigenvalue weighted by Crippen LogP contribution is 2.25. The Morgan fingerprint density at radius 3 is 1.73 bits per heavy atom. The molecule has 0 aromatic carbocycles. The van der Waals surface area contributed by atoms with Crippen LogP contribution < -0.4 is 0 Å². The van der Waals surface area contributed by atoms with E-state index in [0.29, 0.717) is 12.2 Å². The molecule has 0 aromatic heterocycles. The summed E-state index contributed by atoms with van der Waals surface area (Å²) in [6, 6.07) is 0. The summed E-state index contributed by atoms with van der Waals surface area (Å²) in [4.78, 5) is 0. The third kappa shape index (κ3) is 4.98. The molecular formula is C13H26O2. The average molecular weight is 214 g/mol. The smallest absolute Gasteiger partial charge is 0.0836 e. The Balaban J connectivity index is 2.11. The van der Waals surface area contributed by atoms with Gasteiger partial charge in [0.05, 0.1) is 12.2 Å². The number of hydrogen-bond acceptors (Lipinski definition) is 2. The molecule has 1 aliphatic rings. The highest BCUT2D eigenvalue weighted by Gasteiger charge is 2.28. The van der Waals surface area contributed by atoms with E-state index in [2.05, 4.69) is 13.8 Å². The number of rotatable bonds is 8. The molecule has 2 heteroatoms. The maximum absolute atomic E-state index is 5.86. The van der Waals surface area contributed by atoms with E-state index in [1.165, 1.54) is 44.9 Å². The zero-order valence-corrected chi connectivity index (χ0v) is 10.3. The molecule has 0 aromatic rings. The first-order valence-corrected chi connectivity index (χ1v) is 6.61. The maximum Gasteiger partial charge on any atom is 0.0836 e. The van der Waals surface area contributed by atoms with Crippen molar-refractivity contribution in [3.63, 3.8) is 0 Å². The van der Waals surface area contributed by atoms with Gasteiger partial charge in [0, 0.05) is 13.2 Å². The lowest BCUT2D eigenvalue weighted by Crippen LogP contribution is -2.26. The van der Waals surface area contributed by atoms with Crippen molar-refractivity contribution in [2.24, 2.45) is 0 Å². The fourth-order valence-electron chi connectivity index (χ4n) is 2.03. The van der Waals surface area contributed by atoms with Crippen LogP contribution in [0.25, 0.3) is 0 Å². The molecular weight excluding hydrogens is 188 g/mol. The highest BCUT2D eigenvalue weighted by atomic mass is 16.5. The number of hydrogen-bond donors (Lipinski definition) is 0. The molecule has 1 rings (SSSR count). The van der Waals surface area contributed by atoms with Gasteiger partial charge in [-0.2, -0.15) is 0 Å². The lowest BCUT2D eigenvalue weighted by atomic mass is 10.2. The standard InChI is InChI=1S/C13H26O2/c1-3-5-10-14-12-8-7-9-13(12)15-11-6-4-2/h12-13H,3-11H2,1-2H3/t12-,13-/m1/s1. The van der Waals surface area contributed by atoms with Crippen molar-refractivity contribution >= 4 is 0 Å². The molecule has 1 fully saturated rings. The molecule has 90 valence electrons. The molecule has 0 N–H and O–H groups in total. The van der Waals surface area contributed by atoms with Gasteiger partial charge in [-0.1, -0.05) is 26.7 Å². The van der Waals surface area contributed by atoms with Crippen molar-refractivity contribution in [1.82, 2.24) is 0 Å². The molecule has 1 saturated carbocycles. The van der Waals surface area contributed by atoms with Crippen LogP contribution in [-0.4, -0.2) is 25.4 Å². The van der Waals surface area contributed by atoms with Gasteiger partial charge in [0.1, 0.15) is 0 Å². The molecule has 1 aliphatic carbocycles. The lowest BCUT2D eigenvalue weighted by Gasteiger charge is -2.20. The summed E-state index contributed by atoms with van der Waals surface area (Å²) in [5.41, 5.74) is 0. The largest absolute Gasteiger partial charge is 0.376 e. The minimum absolute atomic E-state index is 0.383. The quantitative estimate of drug-likeness (QED) is 0.575.